The summed E-state index contributed by atoms with van der Waals surface area (Å²) in [5, 5.41) is 4.08. The van der Waals surface area contributed by atoms with Gasteiger partial charge in [0.2, 0.25) is 0 Å². The van der Waals surface area contributed by atoms with Gasteiger partial charge in [0.15, 0.2) is 0 Å². The third kappa shape index (κ3) is 2.78. The number of aryl methyl sites for hydroxylation is 1. The third-order valence-electron chi connectivity index (χ3n) is 5.33. The van der Waals surface area contributed by atoms with Crippen LogP contribution in [0.2, 0.25) is 0 Å². The van der Waals surface area contributed by atoms with Crippen molar-refractivity contribution in [3.8, 4) is 11.3 Å². The van der Waals surface area contributed by atoms with Gasteiger partial charge < -0.3 is 14.4 Å². The lowest BCUT2D eigenvalue weighted by atomic mass is 10.1. The molecule has 3 heterocycles. The highest BCUT2D eigenvalue weighted by molar-refractivity contribution is 5.99. The lowest BCUT2D eigenvalue weighted by Gasteiger charge is -2.22. The molecule has 1 atom stereocenters. The second-order valence-electron chi connectivity index (χ2n) is 7.24. The molecule has 0 radical (unpaired) electrons. The summed E-state index contributed by atoms with van der Waals surface area (Å²) in [6.45, 7) is 2.75. The maximum Gasteiger partial charge on any atom is 0.260 e. The molecule has 0 bridgehead atoms. The summed E-state index contributed by atoms with van der Waals surface area (Å²) >= 11 is 0. The first-order chi connectivity index (χ1) is 13.7. The van der Waals surface area contributed by atoms with Gasteiger partial charge in [0, 0.05) is 12.1 Å². The van der Waals surface area contributed by atoms with Crippen LogP contribution in [0.5, 0.6) is 0 Å². The number of imidazole rings is 1. The van der Waals surface area contributed by atoms with Crippen molar-refractivity contribution in [2.75, 3.05) is 6.54 Å². The first kappa shape index (κ1) is 16.7. The fourth-order valence-electron chi connectivity index (χ4n) is 3.94. The number of likely N-dealkylation sites (tertiary alicyclic amines) is 1. The van der Waals surface area contributed by atoms with E-state index in [2.05, 4.69) is 23.1 Å². The number of carbonyl (C=O) groups excluding carboxylic acids is 1. The summed E-state index contributed by atoms with van der Waals surface area (Å²) in [7, 11) is 0. The van der Waals surface area contributed by atoms with E-state index in [1.54, 1.807) is 0 Å². The van der Waals surface area contributed by atoms with Crippen LogP contribution in [0.1, 0.15) is 40.6 Å². The maximum atomic E-state index is 13.3. The standard InChI is InChI=1S/C22H20N4O2/c1-14-9-10-17-18(12-14)24-21(23-17)19-8-5-11-26(19)22(27)16-13-28-25-20(16)15-6-3-2-4-7-15/h2-4,6-7,9-10,12-13,19H,5,8,11H2,1H3,(H,23,24)/t19-/m1/s1. The molecule has 1 saturated heterocycles. The number of carbonyl (C=O) groups is 1. The van der Waals surface area contributed by atoms with E-state index in [0.29, 0.717) is 17.8 Å². The molecule has 0 saturated carbocycles. The Hall–Kier alpha value is -3.41. The van der Waals surface area contributed by atoms with Gasteiger partial charge in [0.05, 0.1) is 17.1 Å². The second-order valence-corrected chi connectivity index (χ2v) is 7.24. The Balaban J connectivity index is 1.49. The van der Waals surface area contributed by atoms with Crippen molar-refractivity contribution in [2.45, 2.75) is 25.8 Å². The number of H-pyrrole nitrogens is 1. The highest BCUT2D eigenvalue weighted by Gasteiger charge is 2.34. The molecule has 1 amide bonds. The average molecular weight is 372 g/mol. The number of benzene rings is 2. The van der Waals surface area contributed by atoms with Crippen molar-refractivity contribution < 1.29 is 9.32 Å². The van der Waals surface area contributed by atoms with E-state index in [1.165, 1.54) is 11.8 Å². The van der Waals surface area contributed by atoms with E-state index in [-0.39, 0.29) is 11.9 Å². The number of aromatic nitrogens is 3. The maximum absolute atomic E-state index is 13.3. The number of rotatable bonds is 3. The van der Waals surface area contributed by atoms with Gasteiger partial charge in [0.25, 0.3) is 5.91 Å². The van der Waals surface area contributed by atoms with Gasteiger partial charge in [0.1, 0.15) is 23.3 Å². The van der Waals surface area contributed by atoms with Gasteiger partial charge in [-0.2, -0.15) is 0 Å². The molecular formula is C22H20N4O2. The molecule has 1 fully saturated rings. The molecule has 6 heteroatoms. The van der Waals surface area contributed by atoms with Crippen LogP contribution in [0.4, 0.5) is 0 Å². The molecule has 0 aliphatic carbocycles. The molecule has 1 N–H and O–H groups in total. The van der Waals surface area contributed by atoms with Crippen LogP contribution in [0.3, 0.4) is 0 Å². The molecule has 1 aliphatic rings. The van der Waals surface area contributed by atoms with Crippen LogP contribution >= 0.6 is 0 Å². The minimum atomic E-state index is -0.0706. The fraction of sp³-hybridized carbons (Fsp3) is 0.227. The molecule has 5 rings (SSSR count). The largest absolute Gasteiger partial charge is 0.363 e. The van der Waals surface area contributed by atoms with Crippen molar-refractivity contribution in [1.29, 1.82) is 0 Å². The number of aromatic amines is 1. The normalized spacial score (nSPS) is 16.8. The minimum absolute atomic E-state index is 0.0701. The minimum Gasteiger partial charge on any atom is -0.363 e. The molecule has 2 aromatic carbocycles. The van der Waals surface area contributed by atoms with Crippen LogP contribution in [0, 0.1) is 6.92 Å². The first-order valence-corrected chi connectivity index (χ1v) is 9.48. The Morgan fingerprint density at radius 3 is 2.93 bits per heavy atom. The molecule has 0 unspecified atom stereocenters. The van der Waals surface area contributed by atoms with Crippen LogP contribution in [0.15, 0.2) is 59.3 Å². The van der Waals surface area contributed by atoms with Crippen molar-refractivity contribution >= 4 is 16.9 Å². The topological polar surface area (TPSA) is 75.0 Å². The van der Waals surface area contributed by atoms with Crippen molar-refractivity contribution in [2.24, 2.45) is 0 Å². The molecule has 4 aromatic rings. The molecule has 2 aromatic heterocycles. The Kier molecular flexibility index (Phi) is 3.97. The Morgan fingerprint density at radius 2 is 2.07 bits per heavy atom. The van der Waals surface area contributed by atoms with Crippen molar-refractivity contribution in [3.05, 3.63) is 71.7 Å². The molecule has 0 spiro atoms. The number of fused-ring (bicyclic) bond motifs is 1. The quantitative estimate of drug-likeness (QED) is 0.574. The molecule has 140 valence electrons. The zero-order valence-electron chi connectivity index (χ0n) is 15.6. The highest BCUT2D eigenvalue weighted by atomic mass is 16.5. The monoisotopic (exact) mass is 372 g/mol. The summed E-state index contributed by atoms with van der Waals surface area (Å²) in [6, 6.07) is 15.7. The number of nitrogens with one attached hydrogen (secondary N) is 1. The Morgan fingerprint density at radius 1 is 1.21 bits per heavy atom. The zero-order chi connectivity index (χ0) is 19.1. The van der Waals surface area contributed by atoms with E-state index >= 15 is 0 Å². The first-order valence-electron chi connectivity index (χ1n) is 9.48. The van der Waals surface area contributed by atoms with E-state index in [9.17, 15) is 4.79 Å². The third-order valence-corrected chi connectivity index (χ3v) is 5.33. The van der Waals surface area contributed by atoms with E-state index in [1.807, 2.05) is 47.4 Å². The van der Waals surface area contributed by atoms with Gasteiger partial charge in [-0.05, 0) is 37.5 Å². The fourth-order valence-corrected chi connectivity index (χ4v) is 3.94. The summed E-state index contributed by atoms with van der Waals surface area (Å²) in [5.41, 5.74) is 5.05. The summed E-state index contributed by atoms with van der Waals surface area (Å²) in [5.74, 6) is 0.767. The highest BCUT2D eigenvalue weighted by Crippen LogP contribution is 2.34. The lowest BCUT2D eigenvalue weighted by molar-refractivity contribution is 0.0730. The van der Waals surface area contributed by atoms with E-state index in [0.717, 1.165) is 35.3 Å². The predicted molar refractivity (Wildman–Crippen MR) is 106 cm³/mol. The van der Waals surface area contributed by atoms with Gasteiger partial charge in [-0.1, -0.05) is 41.6 Å². The molecule has 1 aliphatic heterocycles. The van der Waals surface area contributed by atoms with Gasteiger partial charge in [-0.15, -0.1) is 0 Å². The van der Waals surface area contributed by atoms with Crippen LogP contribution in [-0.2, 0) is 0 Å². The molecular weight excluding hydrogens is 352 g/mol. The summed E-state index contributed by atoms with van der Waals surface area (Å²) in [6.07, 6.45) is 3.27. The van der Waals surface area contributed by atoms with Gasteiger partial charge in [-0.3, -0.25) is 4.79 Å². The van der Waals surface area contributed by atoms with Crippen molar-refractivity contribution in [1.82, 2.24) is 20.0 Å². The van der Waals surface area contributed by atoms with Crippen LogP contribution in [-0.4, -0.2) is 32.5 Å². The van der Waals surface area contributed by atoms with Gasteiger partial charge >= 0.3 is 0 Å². The second kappa shape index (κ2) is 6.64. The van der Waals surface area contributed by atoms with Gasteiger partial charge in [-0.25, -0.2) is 4.98 Å². The van der Waals surface area contributed by atoms with Crippen LogP contribution in [0.25, 0.3) is 22.3 Å². The SMILES string of the molecule is Cc1ccc2nc([C@H]3CCCN3C(=O)c3conc3-c3ccccc3)[nH]c2c1. The zero-order valence-corrected chi connectivity index (χ0v) is 15.6. The number of nitrogens with zero attached hydrogens (tertiary/aromatic N) is 3. The summed E-state index contributed by atoms with van der Waals surface area (Å²) < 4.78 is 5.16. The van der Waals surface area contributed by atoms with Crippen molar-refractivity contribution in [3.63, 3.8) is 0 Å². The van der Waals surface area contributed by atoms with Crippen LogP contribution < -0.4 is 0 Å². The van der Waals surface area contributed by atoms with E-state index < -0.39 is 0 Å². The van der Waals surface area contributed by atoms with E-state index in [4.69, 9.17) is 9.51 Å². The number of amides is 1. The molecule has 28 heavy (non-hydrogen) atoms. The summed E-state index contributed by atoms with van der Waals surface area (Å²) in [4.78, 5) is 23.4. The average Bonchev–Trinajstić information content (AvgIpc) is 3.45. The smallest absolute Gasteiger partial charge is 0.260 e. The Labute approximate surface area is 162 Å². The number of hydrogen-bond donors (Lipinski definition) is 1. The lowest BCUT2D eigenvalue weighted by Crippen LogP contribution is -2.31. The number of hydrogen-bond acceptors (Lipinski definition) is 4. The molecule has 6 nitrogen and oxygen atoms in total. The predicted octanol–water partition coefficient (Wildman–Crippen LogP) is 4.50. The Bertz CT molecular complexity index is 1150.